The van der Waals surface area contributed by atoms with Crippen molar-refractivity contribution in [3.05, 3.63) is 0 Å². The summed E-state index contributed by atoms with van der Waals surface area (Å²) >= 11 is 5.43. The SMILES string of the molecule is COC1CCN(C2=NCC(CBr)S2)CC1. The summed E-state index contributed by atoms with van der Waals surface area (Å²) in [5, 5.41) is 2.92. The Kier molecular flexibility index (Phi) is 4.34. The maximum Gasteiger partial charge on any atom is 0.159 e. The van der Waals surface area contributed by atoms with Crippen molar-refractivity contribution in [2.45, 2.75) is 24.2 Å². The molecule has 0 N–H and O–H groups in total. The normalized spacial score (nSPS) is 28.3. The quantitative estimate of drug-likeness (QED) is 0.728. The Bertz CT molecular complexity index is 242. The average molecular weight is 293 g/mol. The lowest BCUT2D eigenvalue weighted by atomic mass is 10.1. The first kappa shape index (κ1) is 11.7. The standard InChI is InChI=1S/C10H17BrN2OS/c1-14-8-2-4-13(5-3-8)10-12-7-9(6-11)15-10/h8-9H,2-7H2,1H3. The molecular formula is C10H17BrN2OS. The van der Waals surface area contributed by atoms with Gasteiger partial charge in [0, 0.05) is 30.8 Å². The summed E-state index contributed by atoms with van der Waals surface area (Å²) in [5.41, 5.74) is 0. The summed E-state index contributed by atoms with van der Waals surface area (Å²) in [6.45, 7) is 3.16. The number of piperidine rings is 1. The fraction of sp³-hybridized carbons (Fsp3) is 0.900. The zero-order chi connectivity index (χ0) is 10.7. The molecule has 2 aliphatic heterocycles. The molecule has 0 radical (unpaired) electrons. The van der Waals surface area contributed by atoms with Gasteiger partial charge in [0.2, 0.25) is 0 Å². The molecule has 86 valence electrons. The molecule has 0 aromatic carbocycles. The number of aliphatic imine (C=N–C) groups is 1. The third kappa shape index (κ3) is 2.88. The van der Waals surface area contributed by atoms with Crippen molar-refractivity contribution < 1.29 is 4.74 Å². The predicted molar refractivity (Wildman–Crippen MR) is 69.1 cm³/mol. The smallest absolute Gasteiger partial charge is 0.159 e. The van der Waals surface area contributed by atoms with Gasteiger partial charge < -0.3 is 9.64 Å². The molecule has 2 rings (SSSR count). The number of methoxy groups -OCH3 is 1. The Labute approximate surface area is 104 Å². The molecule has 1 unspecified atom stereocenters. The molecular weight excluding hydrogens is 276 g/mol. The summed E-state index contributed by atoms with van der Waals surface area (Å²) < 4.78 is 5.36. The number of nitrogens with zero attached hydrogens (tertiary/aromatic N) is 2. The number of rotatable bonds is 2. The Morgan fingerprint density at radius 1 is 1.53 bits per heavy atom. The van der Waals surface area contributed by atoms with Gasteiger partial charge in [-0.15, -0.1) is 0 Å². The van der Waals surface area contributed by atoms with Crippen LogP contribution in [-0.4, -0.2) is 53.5 Å². The van der Waals surface area contributed by atoms with Crippen LogP contribution in [0.2, 0.25) is 0 Å². The highest BCUT2D eigenvalue weighted by Crippen LogP contribution is 2.27. The largest absolute Gasteiger partial charge is 0.381 e. The van der Waals surface area contributed by atoms with Gasteiger partial charge in [0.1, 0.15) is 0 Å². The van der Waals surface area contributed by atoms with Gasteiger partial charge in [-0.25, -0.2) is 0 Å². The number of hydrogen-bond donors (Lipinski definition) is 0. The summed E-state index contributed by atoms with van der Waals surface area (Å²) in [7, 11) is 1.81. The number of amidine groups is 1. The molecule has 1 fully saturated rings. The van der Waals surface area contributed by atoms with E-state index in [0.29, 0.717) is 11.4 Å². The van der Waals surface area contributed by atoms with Crippen molar-refractivity contribution in [3.8, 4) is 0 Å². The number of likely N-dealkylation sites (tertiary alicyclic amines) is 1. The van der Waals surface area contributed by atoms with Crippen LogP contribution in [0.3, 0.4) is 0 Å². The second kappa shape index (κ2) is 5.55. The van der Waals surface area contributed by atoms with E-state index < -0.39 is 0 Å². The van der Waals surface area contributed by atoms with Crippen LogP contribution in [0.4, 0.5) is 0 Å². The average Bonchev–Trinajstić information content (AvgIpc) is 2.78. The molecule has 1 saturated heterocycles. The molecule has 0 aromatic heterocycles. The lowest BCUT2D eigenvalue weighted by Gasteiger charge is -2.32. The van der Waals surface area contributed by atoms with Crippen LogP contribution in [0.5, 0.6) is 0 Å². The highest BCUT2D eigenvalue weighted by atomic mass is 79.9. The fourth-order valence-electron chi connectivity index (χ4n) is 1.94. The third-order valence-electron chi connectivity index (χ3n) is 2.92. The first-order chi connectivity index (χ1) is 7.33. The molecule has 3 nitrogen and oxygen atoms in total. The van der Waals surface area contributed by atoms with Crippen LogP contribution < -0.4 is 0 Å². The van der Waals surface area contributed by atoms with Gasteiger partial charge in [-0.2, -0.15) is 0 Å². The predicted octanol–water partition coefficient (Wildman–Crippen LogP) is 1.96. The van der Waals surface area contributed by atoms with Crippen molar-refractivity contribution >= 4 is 32.9 Å². The number of alkyl halides is 1. The van der Waals surface area contributed by atoms with E-state index in [1.54, 1.807) is 0 Å². The van der Waals surface area contributed by atoms with E-state index in [-0.39, 0.29) is 0 Å². The Balaban J connectivity index is 1.81. The molecule has 5 heteroatoms. The van der Waals surface area contributed by atoms with E-state index in [1.165, 1.54) is 5.17 Å². The molecule has 0 spiro atoms. The number of thioether (sulfide) groups is 1. The van der Waals surface area contributed by atoms with Crippen LogP contribution in [0, 0.1) is 0 Å². The zero-order valence-corrected chi connectivity index (χ0v) is 11.4. The molecule has 0 aromatic rings. The topological polar surface area (TPSA) is 24.8 Å². The first-order valence-corrected chi connectivity index (χ1v) is 7.38. The van der Waals surface area contributed by atoms with Crippen molar-refractivity contribution in [2.24, 2.45) is 4.99 Å². The van der Waals surface area contributed by atoms with Gasteiger partial charge in [0.15, 0.2) is 5.17 Å². The zero-order valence-electron chi connectivity index (χ0n) is 8.99. The van der Waals surface area contributed by atoms with E-state index in [2.05, 4.69) is 25.8 Å². The summed E-state index contributed by atoms with van der Waals surface area (Å²) in [6, 6.07) is 0. The van der Waals surface area contributed by atoms with Crippen molar-refractivity contribution in [1.82, 2.24) is 4.90 Å². The van der Waals surface area contributed by atoms with E-state index >= 15 is 0 Å². The summed E-state index contributed by atoms with van der Waals surface area (Å²) in [5.74, 6) is 0. The van der Waals surface area contributed by atoms with Crippen LogP contribution in [0.1, 0.15) is 12.8 Å². The minimum Gasteiger partial charge on any atom is -0.381 e. The number of halogens is 1. The van der Waals surface area contributed by atoms with Crippen LogP contribution in [-0.2, 0) is 4.74 Å². The van der Waals surface area contributed by atoms with Gasteiger partial charge >= 0.3 is 0 Å². The van der Waals surface area contributed by atoms with E-state index in [9.17, 15) is 0 Å². The van der Waals surface area contributed by atoms with Gasteiger partial charge in [0.25, 0.3) is 0 Å². The summed E-state index contributed by atoms with van der Waals surface area (Å²) in [6.07, 6.45) is 2.73. The van der Waals surface area contributed by atoms with Gasteiger partial charge in [-0.3, -0.25) is 4.99 Å². The van der Waals surface area contributed by atoms with Crippen LogP contribution in [0.15, 0.2) is 4.99 Å². The monoisotopic (exact) mass is 292 g/mol. The second-order valence-corrected chi connectivity index (χ2v) is 5.85. The summed E-state index contributed by atoms with van der Waals surface area (Å²) in [4.78, 5) is 7.00. The molecule has 1 atom stereocenters. The Morgan fingerprint density at radius 3 is 2.80 bits per heavy atom. The molecule has 2 aliphatic rings. The number of ether oxygens (including phenoxy) is 1. The minimum atomic E-state index is 0.459. The molecule has 0 aliphatic carbocycles. The van der Waals surface area contributed by atoms with E-state index in [0.717, 1.165) is 37.8 Å². The Morgan fingerprint density at radius 2 is 2.27 bits per heavy atom. The Hall–Kier alpha value is 0.260. The maximum atomic E-state index is 5.36. The number of hydrogen-bond acceptors (Lipinski definition) is 4. The lowest BCUT2D eigenvalue weighted by molar-refractivity contribution is 0.0585. The highest BCUT2D eigenvalue weighted by molar-refractivity contribution is 9.09. The fourth-order valence-corrected chi connectivity index (χ4v) is 3.53. The van der Waals surface area contributed by atoms with Crippen molar-refractivity contribution in [2.75, 3.05) is 32.1 Å². The molecule has 15 heavy (non-hydrogen) atoms. The lowest BCUT2D eigenvalue weighted by Crippen LogP contribution is -2.39. The maximum absolute atomic E-state index is 5.36. The van der Waals surface area contributed by atoms with Gasteiger partial charge in [0.05, 0.1) is 12.6 Å². The van der Waals surface area contributed by atoms with E-state index in [4.69, 9.17) is 4.74 Å². The van der Waals surface area contributed by atoms with Crippen molar-refractivity contribution in [1.29, 1.82) is 0 Å². The van der Waals surface area contributed by atoms with Gasteiger partial charge in [-0.1, -0.05) is 27.7 Å². The highest BCUT2D eigenvalue weighted by Gasteiger charge is 2.26. The molecule has 0 saturated carbocycles. The van der Waals surface area contributed by atoms with Crippen LogP contribution >= 0.6 is 27.7 Å². The van der Waals surface area contributed by atoms with Crippen molar-refractivity contribution in [3.63, 3.8) is 0 Å². The van der Waals surface area contributed by atoms with E-state index in [1.807, 2.05) is 18.9 Å². The third-order valence-corrected chi connectivity index (χ3v) is 5.38. The molecule has 2 heterocycles. The molecule has 0 amide bonds. The van der Waals surface area contributed by atoms with Crippen LogP contribution in [0.25, 0.3) is 0 Å². The molecule has 0 bridgehead atoms. The second-order valence-electron chi connectivity index (χ2n) is 3.94. The van der Waals surface area contributed by atoms with Gasteiger partial charge in [-0.05, 0) is 12.8 Å². The first-order valence-electron chi connectivity index (χ1n) is 5.38. The minimum absolute atomic E-state index is 0.459.